The van der Waals surface area contributed by atoms with Crippen molar-refractivity contribution in [1.29, 1.82) is 0 Å². The lowest BCUT2D eigenvalue weighted by Gasteiger charge is -2.23. The number of carbonyl (C=O) groups excluding carboxylic acids is 2. The van der Waals surface area contributed by atoms with Crippen LogP contribution in [-0.2, 0) is 9.59 Å². The summed E-state index contributed by atoms with van der Waals surface area (Å²) in [5.74, 6) is 0.00672. The molecule has 0 aromatic heterocycles. The fraction of sp³-hybridized carbons (Fsp3) is 0.529. The van der Waals surface area contributed by atoms with Crippen molar-refractivity contribution in [3.8, 4) is 0 Å². The van der Waals surface area contributed by atoms with Crippen molar-refractivity contribution in [2.24, 2.45) is 5.92 Å². The second-order valence-corrected chi connectivity index (χ2v) is 6.22. The van der Waals surface area contributed by atoms with Crippen molar-refractivity contribution < 1.29 is 9.59 Å². The van der Waals surface area contributed by atoms with Crippen molar-refractivity contribution in [2.75, 3.05) is 24.5 Å². The second kappa shape index (κ2) is 7.79. The molecule has 23 heavy (non-hydrogen) atoms. The minimum atomic E-state index is -0.379. The molecule has 2 unspecified atom stereocenters. The average molecular weight is 338 g/mol. The molecule has 3 rings (SSSR count). The van der Waals surface area contributed by atoms with E-state index in [1.165, 1.54) is 5.56 Å². The van der Waals surface area contributed by atoms with Crippen molar-refractivity contribution in [3.63, 3.8) is 0 Å². The molecule has 2 saturated heterocycles. The van der Waals surface area contributed by atoms with Gasteiger partial charge in [-0.3, -0.25) is 9.59 Å². The second-order valence-electron chi connectivity index (χ2n) is 6.22. The Balaban J connectivity index is 0.00000192. The number of benzene rings is 1. The Morgan fingerprint density at radius 1 is 1.26 bits per heavy atom. The molecule has 2 heterocycles. The van der Waals surface area contributed by atoms with Gasteiger partial charge in [-0.05, 0) is 44.9 Å². The van der Waals surface area contributed by atoms with Crippen molar-refractivity contribution >= 4 is 29.9 Å². The Bertz CT molecular complexity index is 555. The van der Waals surface area contributed by atoms with Crippen LogP contribution in [0.3, 0.4) is 0 Å². The number of hydrogen-bond donors (Lipinski definition) is 2. The van der Waals surface area contributed by atoms with E-state index in [-0.39, 0.29) is 36.2 Å². The largest absolute Gasteiger partial charge is 0.344 e. The van der Waals surface area contributed by atoms with E-state index in [1.54, 1.807) is 4.90 Å². The topological polar surface area (TPSA) is 61.4 Å². The van der Waals surface area contributed by atoms with Crippen LogP contribution in [-0.4, -0.2) is 37.5 Å². The molecule has 2 N–H and O–H groups in total. The Morgan fingerprint density at radius 2 is 2.00 bits per heavy atom. The van der Waals surface area contributed by atoms with Crippen LogP contribution in [0.15, 0.2) is 24.3 Å². The molecule has 6 heteroatoms. The summed E-state index contributed by atoms with van der Waals surface area (Å²) in [6.07, 6.45) is 2.60. The van der Waals surface area contributed by atoms with Crippen molar-refractivity contribution in [1.82, 2.24) is 10.6 Å². The maximum Gasteiger partial charge on any atom is 0.249 e. The summed E-state index contributed by atoms with van der Waals surface area (Å²) in [6, 6.07) is 7.55. The van der Waals surface area contributed by atoms with Crippen LogP contribution in [0, 0.1) is 12.8 Å². The van der Waals surface area contributed by atoms with Gasteiger partial charge in [-0.15, -0.1) is 12.4 Å². The Hall–Kier alpha value is -1.59. The first-order valence-electron chi connectivity index (χ1n) is 8.04. The molecule has 2 fully saturated rings. The zero-order valence-corrected chi connectivity index (χ0v) is 14.2. The first-order chi connectivity index (χ1) is 10.6. The Kier molecular flexibility index (Phi) is 6.02. The van der Waals surface area contributed by atoms with Gasteiger partial charge in [-0.1, -0.05) is 17.7 Å². The van der Waals surface area contributed by atoms with Crippen LogP contribution in [0.25, 0.3) is 0 Å². The number of piperidine rings is 1. The van der Waals surface area contributed by atoms with Crippen molar-refractivity contribution in [2.45, 2.75) is 32.2 Å². The molecular weight excluding hydrogens is 314 g/mol. The fourth-order valence-electron chi connectivity index (χ4n) is 3.16. The van der Waals surface area contributed by atoms with E-state index in [2.05, 4.69) is 10.6 Å². The quantitative estimate of drug-likeness (QED) is 0.881. The molecule has 1 aromatic rings. The number of carbonyl (C=O) groups is 2. The van der Waals surface area contributed by atoms with Crippen LogP contribution in [0.5, 0.6) is 0 Å². The molecular formula is C17H24ClN3O2. The number of halogens is 1. The van der Waals surface area contributed by atoms with E-state index >= 15 is 0 Å². The lowest BCUT2D eigenvalue weighted by atomic mass is 9.98. The standard InChI is InChI=1S/C17H23N3O2.ClH/c1-12-4-6-14(7-5-12)20-10-8-15(17(20)22)19-16(21)13-3-2-9-18-11-13;/h4-7,13,15,18H,2-3,8-11H2,1H3,(H,19,21);1H. The number of nitrogens with zero attached hydrogens (tertiary/aromatic N) is 1. The van der Waals surface area contributed by atoms with Gasteiger partial charge in [0.2, 0.25) is 11.8 Å². The van der Waals surface area contributed by atoms with Crippen LogP contribution in [0.4, 0.5) is 5.69 Å². The predicted molar refractivity (Wildman–Crippen MR) is 92.9 cm³/mol. The van der Waals surface area contributed by atoms with Crippen LogP contribution >= 0.6 is 12.4 Å². The average Bonchev–Trinajstić information content (AvgIpc) is 2.90. The molecule has 0 bridgehead atoms. The third-order valence-electron chi connectivity index (χ3n) is 4.54. The van der Waals surface area contributed by atoms with Gasteiger partial charge in [-0.2, -0.15) is 0 Å². The van der Waals surface area contributed by atoms with E-state index < -0.39 is 0 Å². The predicted octanol–water partition coefficient (Wildman–Crippen LogP) is 1.64. The molecule has 1 aromatic carbocycles. The first kappa shape index (κ1) is 17.8. The number of anilines is 1. The lowest BCUT2D eigenvalue weighted by Crippen LogP contribution is -2.47. The molecule has 2 aliphatic rings. The van der Waals surface area contributed by atoms with Gasteiger partial charge in [0.05, 0.1) is 5.92 Å². The van der Waals surface area contributed by atoms with E-state index in [9.17, 15) is 9.59 Å². The zero-order chi connectivity index (χ0) is 15.5. The molecule has 126 valence electrons. The summed E-state index contributed by atoms with van der Waals surface area (Å²) in [6.45, 7) is 4.38. The Labute approximate surface area is 143 Å². The highest BCUT2D eigenvalue weighted by Gasteiger charge is 2.35. The summed E-state index contributed by atoms with van der Waals surface area (Å²) in [5, 5.41) is 6.17. The highest BCUT2D eigenvalue weighted by molar-refractivity contribution is 6.01. The van der Waals surface area contributed by atoms with Crippen LogP contribution in [0.2, 0.25) is 0 Å². The third-order valence-corrected chi connectivity index (χ3v) is 4.54. The molecule has 2 atom stereocenters. The summed E-state index contributed by atoms with van der Waals surface area (Å²) in [5.41, 5.74) is 2.08. The molecule has 2 amide bonds. The minimum absolute atomic E-state index is 0. The van der Waals surface area contributed by atoms with Crippen molar-refractivity contribution in [3.05, 3.63) is 29.8 Å². The van der Waals surface area contributed by atoms with Gasteiger partial charge >= 0.3 is 0 Å². The number of aryl methyl sites for hydroxylation is 1. The molecule has 0 aliphatic carbocycles. The number of amides is 2. The molecule has 0 saturated carbocycles. The maximum atomic E-state index is 12.5. The SMILES string of the molecule is Cc1ccc(N2CCC(NC(=O)C3CCCNC3)C2=O)cc1.Cl. The fourth-order valence-corrected chi connectivity index (χ4v) is 3.16. The van der Waals surface area contributed by atoms with Gasteiger partial charge in [0.25, 0.3) is 0 Å². The van der Waals surface area contributed by atoms with E-state index in [0.717, 1.165) is 25.1 Å². The van der Waals surface area contributed by atoms with Crippen LogP contribution in [0.1, 0.15) is 24.8 Å². The van der Waals surface area contributed by atoms with Gasteiger partial charge in [-0.25, -0.2) is 0 Å². The summed E-state index contributed by atoms with van der Waals surface area (Å²) < 4.78 is 0. The van der Waals surface area contributed by atoms with Gasteiger partial charge in [0, 0.05) is 18.8 Å². The Morgan fingerprint density at radius 3 is 2.65 bits per heavy atom. The number of nitrogens with one attached hydrogen (secondary N) is 2. The summed E-state index contributed by atoms with van der Waals surface area (Å²) in [4.78, 5) is 26.5. The summed E-state index contributed by atoms with van der Waals surface area (Å²) in [7, 11) is 0. The number of hydrogen-bond acceptors (Lipinski definition) is 3. The normalized spacial score (nSPS) is 24.2. The van der Waals surface area contributed by atoms with Gasteiger partial charge < -0.3 is 15.5 Å². The smallest absolute Gasteiger partial charge is 0.249 e. The lowest BCUT2D eigenvalue weighted by molar-refractivity contribution is -0.129. The summed E-state index contributed by atoms with van der Waals surface area (Å²) >= 11 is 0. The molecule has 0 spiro atoms. The van der Waals surface area contributed by atoms with E-state index in [4.69, 9.17) is 0 Å². The highest BCUT2D eigenvalue weighted by atomic mass is 35.5. The van der Waals surface area contributed by atoms with E-state index in [0.29, 0.717) is 19.5 Å². The highest BCUT2D eigenvalue weighted by Crippen LogP contribution is 2.22. The molecule has 2 aliphatic heterocycles. The van der Waals surface area contributed by atoms with E-state index in [1.807, 2.05) is 31.2 Å². The molecule has 5 nitrogen and oxygen atoms in total. The van der Waals surface area contributed by atoms with Crippen LogP contribution < -0.4 is 15.5 Å². The molecule has 0 radical (unpaired) electrons. The monoisotopic (exact) mass is 337 g/mol. The number of rotatable bonds is 3. The minimum Gasteiger partial charge on any atom is -0.344 e. The van der Waals surface area contributed by atoms with Gasteiger partial charge in [0.1, 0.15) is 6.04 Å². The third kappa shape index (κ3) is 4.03. The van der Waals surface area contributed by atoms with Gasteiger partial charge in [0.15, 0.2) is 0 Å². The zero-order valence-electron chi connectivity index (χ0n) is 13.4. The first-order valence-corrected chi connectivity index (χ1v) is 8.04. The maximum absolute atomic E-state index is 12.5.